The van der Waals surface area contributed by atoms with Gasteiger partial charge in [0, 0.05) is 26.2 Å². The second-order valence-corrected chi connectivity index (χ2v) is 2.94. The maximum Gasteiger partial charge on any atom is 0.216 e. The molecule has 0 atom stereocenters. The minimum Gasteiger partial charge on any atom is -0.381 e. The summed E-state index contributed by atoms with van der Waals surface area (Å²) in [6.07, 6.45) is 3.16. The molecule has 78 valence electrons. The van der Waals surface area contributed by atoms with E-state index in [1.54, 1.807) is 18.5 Å². The van der Waals surface area contributed by atoms with Gasteiger partial charge in [-0.25, -0.2) is 0 Å². The van der Waals surface area contributed by atoms with Gasteiger partial charge in [-0.1, -0.05) is 0 Å². The molecule has 0 saturated carbocycles. The van der Waals surface area contributed by atoms with Crippen molar-refractivity contribution in [2.45, 2.75) is 6.92 Å². The highest BCUT2D eigenvalue weighted by molar-refractivity contribution is 5.72. The first-order valence-corrected chi connectivity index (χ1v) is 4.56. The maximum absolute atomic E-state index is 10.6. The maximum atomic E-state index is 10.6. The Bertz CT molecular complexity index is 383. The van der Waals surface area contributed by atoms with Crippen LogP contribution in [0.15, 0.2) is 18.5 Å². The number of aromatic nitrogens is 1. The minimum absolute atomic E-state index is 0.0662. The third-order valence-electron chi connectivity index (χ3n) is 1.76. The lowest BCUT2D eigenvalue weighted by molar-refractivity contribution is -0.118. The first-order chi connectivity index (χ1) is 7.24. The van der Waals surface area contributed by atoms with Crippen LogP contribution in [0, 0.1) is 11.3 Å². The van der Waals surface area contributed by atoms with Crippen LogP contribution in [-0.2, 0) is 4.79 Å². The molecule has 0 unspecified atom stereocenters. The second-order valence-electron chi connectivity index (χ2n) is 2.94. The van der Waals surface area contributed by atoms with E-state index in [1.807, 2.05) is 0 Å². The number of hydrogen-bond acceptors (Lipinski definition) is 4. The standard InChI is InChI=1S/C10H12N4O/c1-8(15)13-4-5-14-10-7-12-3-2-9(10)6-11/h2-3,7,14H,4-5H2,1H3,(H,13,15). The van der Waals surface area contributed by atoms with Crippen molar-refractivity contribution < 1.29 is 4.79 Å². The third-order valence-corrected chi connectivity index (χ3v) is 1.76. The number of anilines is 1. The Hall–Kier alpha value is -2.09. The summed E-state index contributed by atoms with van der Waals surface area (Å²) < 4.78 is 0. The summed E-state index contributed by atoms with van der Waals surface area (Å²) in [6, 6.07) is 3.70. The van der Waals surface area contributed by atoms with Gasteiger partial charge in [0.25, 0.3) is 0 Å². The van der Waals surface area contributed by atoms with Crippen molar-refractivity contribution in [2.75, 3.05) is 18.4 Å². The van der Waals surface area contributed by atoms with E-state index in [0.29, 0.717) is 24.3 Å². The van der Waals surface area contributed by atoms with Crippen molar-refractivity contribution in [1.29, 1.82) is 5.26 Å². The van der Waals surface area contributed by atoms with Crippen LogP contribution in [0.3, 0.4) is 0 Å². The van der Waals surface area contributed by atoms with Crippen molar-refractivity contribution in [1.82, 2.24) is 10.3 Å². The van der Waals surface area contributed by atoms with Crippen LogP contribution < -0.4 is 10.6 Å². The van der Waals surface area contributed by atoms with Crippen LogP contribution in [0.5, 0.6) is 0 Å². The largest absolute Gasteiger partial charge is 0.381 e. The van der Waals surface area contributed by atoms with Gasteiger partial charge in [-0.2, -0.15) is 5.26 Å². The third kappa shape index (κ3) is 3.65. The van der Waals surface area contributed by atoms with Gasteiger partial charge in [0.2, 0.25) is 5.91 Å². The molecule has 15 heavy (non-hydrogen) atoms. The Morgan fingerprint density at radius 1 is 1.60 bits per heavy atom. The number of hydrogen-bond donors (Lipinski definition) is 2. The Morgan fingerprint density at radius 2 is 2.40 bits per heavy atom. The van der Waals surface area contributed by atoms with E-state index in [-0.39, 0.29) is 5.91 Å². The molecule has 2 N–H and O–H groups in total. The molecule has 0 saturated heterocycles. The lowest BCUT2D eigenvalue weighted by Gasteiger charge is -2.07. The van der Waals surface area contributed by atoms with Crippen molar-refractivity contribution in [2.24, 2.45) is 0 Å². The summed E-state index contributed by atoms with van der Waals surface area (Å²) in [7, 11) is 0. The van der Waals surface area contributed by atoms with Gasteiger partial charge >= 0.3 is 0 Å². The topological polar surface area (TPSA) is 77.8 Å². The zero-order chi connectivity index (χ0) is 11.1. The molecule has 5 heteroatoms. The van der Waals surface area contributed by atoms with Crippen LogP contribution >= 0.6 is 0 Å². The molecular weight excluding hydrogens is 192 g/mol. The van der Waals surface area contributed by atoms with Crippen molar-refractivity contribution >= 4 is 11.6 Å². The van der Waals surface area contributed by atoms with Gasteiger partial charge in [-0.05, 0) is 6.07 Å². The fourth-order valence-corrected chi connectivity index (χ4v) is 1.07. The molecule has 1 rings (SSSR count). The van der Waals surface area contributed by atoms with Crippen molar-refractivity contribution in [3.05, 3.63) is 24.0 Å². The summed E-state index contributed by atoms with van der Waals surface area (Å²) in [5.74, 6) is -0.0662. The van der Waals surface area contributed by atoms with Gasteiger partial charge in [-0.3, -0.25) is 9.78 Å². The van der Waals surface area contributed by atoms with Crippen molar-refractivity contribution in [3.63, 3.8) is 0 Å². The number of nitrogens with zero attached hydrogens (tertiary/aromatic N) is 2. The van der Waals surface area contributed by atoms with Gasteiger partial charge in [0.15, 0.2) is 0 Å². The number of pyridine rings is 1. The lowest BCUT2D eigenvalue weighted by atomic mass is 10.2. The van der Waals surface area contributed by atoms with E-state index in [4.69, 9.17) is 5.26 Å². The number of carbonyl (C=O) groups excluding carboxylic acids is 1. The Kier molecular flexibility index (Phi) is 4.10. The summed E-state index contributed by atoms with van der Waals surface area (Å²) in [6.45, 7) is 2.56. The molecule has 0 spiro atoms. The molecule has 5 nitrogen and oxygen atoms in total. The summed E-state index contributed by atoms with van der Waals surface area (Å²) in [4.78, 5) is 14.5. The van der Waals surface area contributed by atoms with Gasteiger partial charge < -0.3 is 10.6 Å². The number of rotatable bonds is 4. The van der Waals surface area contributed by atoms with Crippen LogP contribution in [-0.4, -0.2) is 24.0 Å². The molecule has 0 aliphatic rings. The highest BCUT2D eigenvalue weighted by Crippen LogP contribution is 2.10. The van der Waals surface area contributed by atoms with E-state index in [1.165, 1.54) is 6.92 Å². The molecule has 0 radical (unpaired) electrons. The lowest BCUT2D eigenvalue weighted by Crippen LogP contribution is -2.26. The molecule has 0 bridgehead atoms. The van der Waals surface area contributed by atoms with Crippen molar-refractivity contribution in [3.8, 4) is 6.07 Å². The van der Waals surface area contributed by atoms with Gasteiger partial charge in [0.1, 0.15) is 6.07 Å². The Morgan fingerprint density at radius 3 is 3.07 bits per heavy atom. The zero-order valence-electron chi connectivity index (χ0n) is 8.45. The molecule has 0 aliphatic carbocycles. The van der Waals surface area contributed by atoms with Gasteiger partial charge in [-0.15, -0.1) is 0 Å². The smallest absolute Gasteiger partial charge is 0.216 e. The highest BCUT2D eigenvalue weighted by Gasteiger charge is 1.99. The molecule has 1 heterocycles. The molecular formula is C10H12N4O. The summed E-state index contributed by atoms with van der Waals surface area (Å²) in [5, 5.41) is 14.4. The van der Waals surface area contributed by atoms with Crippen LogP contribution in [0.25, 0.3) is 0 Å². The fraction of sp³-hybridized carbons (Fsp3) is 0.300. The quantitative estimate of drug-likeness (QED) is 0.700. The molecule has 1 aromatic heterocycles. The SMILES string of the molecule is CC(=O)NCCNc1cnccc1C#N. The Balaban J connectivity index is 2.44. The minimum atomic E-state index is -0.0662. The van der Waals surface area contributed by atoms with Gasteiger partial charge in [0.05, 0.1) is 17.4 Å². The van der Waals surface area contributed by atoms with E-state index >= 15 is 0 Å². The predicted octanol–water partition coefficient (Wildman–Crippen LogP) is 0.501. The fourth-order valence-electron chi connectivity index (χ4n) is 1.07. The zero-order valence-corrected chi connectivity index (χ0v) is 8.45. The average molecular weight is 204 g/mol. The highest BCUT2D eigenvalue weighted by atomic mass is 16.1. The van der Waals surface area contributed by atoms with E-state index in [0.717, 1.165) is 0 Å². The Labute approximate surface area is 88.1 Å². The number of nitrogens with one attached hydrogen (secondary N) is 2. The van der Waals surface area contributed by atoms with Crippen LogP contribution in [0.1, 0.15) is 12.5 Å². The summed E-state index contributed by atoms with van der Waals surface area (Å²) in [5.41, 5.74) is 1.23. The first kappa shape index (κ1) is 11.0. The number of carbonyl (C=O) groups is 1. The molecule has 0 aliphatic heterocycles. The van der Waals surface area contributed by atoms with E-state index in [2.05, 4.69) is 21.7 Å². The van der Waals surface area contributed by atoms with E-state index < -0.39 is 0 Å². The van der Waals surface area contributed by atoms with Crippen LogP contribution in [0.2, 0.25) is 0 Å². The number of amides is 1. The second kappa shape index (κ2) is 5.60. The van der Waals surface area contributed by atoms with Crippen LogP contribution in [0.4, 0.5) is 5.69 Å². The number of nitriles is 1. The average Bonchev–Trinajstić information content (AvgIpc) is 2.24. The monoisotopic (exact) mass is 204 g/mol. The predicted molar refractivity (Wildman–Crippen MR) is 56.1 cm³/mol. The molecule has 1 aromatic rings. The normalized spacial score (nSPS) is 9.07. The first-order valence-electron chi connectivity index (χ1n) is 4.56. The molecule has 0 aromatic carbocycles. The van der Waals surface area contributed by atoms with E-state index in [9.17, 15) is 4.79 Å². The summed E-state index contributed by atoms with van der Waals surface area (Å²) >= 11 is 0. The molecule has 1 amide bonds. The molecule has 0 fully saturated rings.